The smallest absolute Gasteiger partial charge is 0.325 e. The predicted molar refractivity (Wildman–Crippen MR) is 144 cm³/mol. The molecule has 1 aliphatic heterocycles. The Morgan fingerprint density at radius 3 is 2.53 bits per heavy atom. The zero-order valence-corrected chi connectivity index (χ0v) is 21.9. The molecule has 0 saturated carbocycles. The molecule has 1 aliphatic rings. The van der Waals surface area contributed by atoms with Crippen molar-refractivity contribution in [3.8, 4) is 23.0 Å². The highest BCUT2D eigenvalue weighted by atomic mass is 16.5. The summed E-state index contributed by atoms with van der Waals surface area (Å²) in [5, 5.41) is 10.3. The number of oxazole rings is 1. The fraction of sp³-hybridized carbons (Fsp3) is 0.290. The van der Waals surface area contributed by atoms with E-state index in [1.165, 1.54) is 0 Å². The number of hydrogen-bond donors (Lipinski definition) is 1. The Hall–Kier alpha value is -4.10. The van der Waals surface area contributed by atoms with Gasteiger partial charge in [0.2, 0.25) is 5.89 Å². The quantitative estimate of drug-likeness (QED) is 0.301. The van der Waals surface area contributed by atoms with Crippen LogP contribution in [0.5, 0.6) is 11.5 Å². The number of ether oxygens (including phenoxy) is 2. The molecule has 2 atom stereocenters. The number of methoxy groups -OCH3 is 1. The first-order valence-electron chi connectivity index (χ1n) is 12.8. The molecular formula is C31H32N2O5. The second-order valence-electron chi connectivity index (χ2n) is 9.66. The Labute approximate surface area is 222 Å². The van der Waals surface area contributed by atoms with Crippen LogP contribution >= 0.6 is 0 Å². The van der Waals surface area contributed by atoms with E-state index in [1.54, 1.807) is 7.11 Å². The molecule has 0 aliphatic carbocycles. The first kappa shape index (κ1) is 25.5. The average molecular weight is 513 g/mol. The van der Waals surface area contributed by atoms with Gasteiger partial charge in [-0.1, -0.05) is 36.4 Å². The molecule has 1 unspecified atom stereocenters. The second kappa shape index (κ2) is 11.1. The van der Waals surface area contributed by atoms with Crippen LogP contribution in [-0.2, 0) is 24.2 Å². The summed E-state index contributed by atoms with van der Waals surface area (Å²) in [4.78, 5) is 19.2. The zero-order valence-electron chi connectivity index (χ0n) is 21.9. The molecule has 5 rings (SSSR count). The normalized spacial score (nSPS) is 17.1. The zero-order chi connectivity index (χ0) is 26.6. The maximum absolute atomic E-state index is 12.5. The number of nitrogens with zero attached hydrogens (tertiary/aromatic N) is 2. The lowest BCUT2D eigenvalue weighted by Crippen LogP contribution is -2.44. The molecule has 0 saturated heterocycles. The number of carboxylic acid groups (broad SMARTS) is 1. The van der Waals surface area contributed by atoms with E-state index in [9.17, 15) is 9.90 Å². The van der Waals surface area contributed by atoms with Crippen molar-refractivity contribution in [3.63, 3.8) is 0 Å². The van der Waals surface area contributed by atoms with Gasteiger partial charge in [-0.3, -0.25) is 9.69 Å². The van der Waals surface area contributed by atoms with Gasteiger partial charge in [0.25, 0.3) is 0 Å². The van der Waals surface area contributed by atoms with Gasteiger partial charge in [-0.25, -0.2) is 4.98 Å². The number of aromatic nitrogens is 1. The second-order valence-corrected chi connectivity index (χ2v) is 9.66. The summed E-state index contributed by atoms with van der Waals surface area (Å²) >= 11 is 0. The number of rotatable bonds is 9. The van der Waals surface area contributed by atoms with Crippen molar-refractivity contribution in [2.75, 3.05) is 13.7 Å². The highest BCUT2D eigenvalue weighted by Crippen LogP contribution is 2.37. The van der Waals surface area contributed by atoms with Gasteiger partial charge in [0.15, 0.2) is 0 Å². The minimum Gasteiger partial charge on any atom is -0.497 e. The van der Waals surface area contributed by atoms with Crippen LogP contribution in [0, 0.1) is 6.92 Å². The maximum Gasteiger partial charge on any atom is 0.325 e. The molecule has 1 aromatic heterocycles. The molecular weight excluding hydrogens is 480 g/mol. The minimum atomic E-state index is -0.866. The summed E-state index contributed by atoms with van der Waals surface area (Å²) in [7, 11) is 1.63. The van der Waals surface area contributed by atoms with Crippen molar-refractivity contribution in [1.29, 1.82) is 0 Å². The third kappa shape index (κ3) is 5.43. The molecule has 2 heterocycles. The van der Waals surface area contributed by atoms with Gasteiger partial charge in [-0.15, -0.1) is 0 Å². The van der Waals surface area contributed by atoms with E-state index in [2.05, 4.69) is 11.9 Å². The van der Waals surface area contributed by atoms with E-state index in [0.717, 1.165) is 45.9 Å². The van der Waals surface area contributed by atoms with Gasteiger partial charge >= 0.3 is 5.97 Å². The highest BCUT2D eigenvalue weighted by Gasteiger charge is 2.37. The molecule has 1 N–H and O–H groups in total. The van der Waals surface area contributed by atoms with Crippen LogP contribution in [0.4, 0.5) is 0 Å². The molecule has 196 valence electrons. The van der Waals surface area contributed by atoms with Crippen LogP contribution in [0.1, 0.15) is 41.1 Å². The van der Waals surface area contributed by atoms with E-state index >= 15 is 0 Å². The summed E-state index contributed by atoms with van der Waals surface area (Å²) in [5.74, 6) is 1.93. The SMILES string of the molecule is COc1ccc(CN2C(C(=O)O)c3cc(OCCc4nc(-c5ccccc5)oc4C)ccc3C[C@@H]2C)cc1. The van der Waals surface area contributed by atoms with Crippen LogP contribution < -0.4 is 9.47 Å². The van der Waals surface area contributed by atoms with Crippen LogP contribution in [0.2, 0.25) is 0 Å². The van der Waals surface area contributed by atoms with Crippen molar-refractivity contribution in [1.82, 2.24) is 9.88 Å². The first-order chi connectivity index (χ1) is 18.4. The molecule has 3 aromatic carbocycles. The molecule has 0 spiro atoms. The number of fused-ring (bicyclic) bond motifs is 1. The molecule has 0 bridgehead atoms. The third-order valence-electron chi connectivity index (χ3n) is 7.10. The van der Waals surface area contributed by atoms with Crippen molar-refractivity contribution in [3.05, 3.63) is 101 Å². The number of aryl methyl sites for hydroxylation is 1. The van der Waals surface area contributed by atoms with Crippen molar-refractivity contribution in [2.24, 2.45) is 0 Å². The summed E-state index contributed by atoms with van der Waals surface area (Å²) in [6.07, 6.45) is 1.36. The van der Waals surface area contributed by atoms with Crippen molar-refractivity contribution in [2.45, 2.75) is 45.3 Å². The van der Waals surface area contributed by atoms with Gasteiger partial charge in [0, 0.05) is 24.6 Å². The molecule has 4 aromatic rings. The van der Waals surface area contributed by atoms with Gasteiger partial charge < -0.3 is 19.0 Å². The van der Waals surface area contributed by atoms with Crippen molar-refractivity contribution >= 4 is 5.97 Å². The van der Waals surface area contributed by atoms with E-state index in [1.807, 2.05) is 84.6 Å². The fourth-order valence-electron chi connectivity index (χ4n) is 5.07. The van der Waals surface area contributed by atoms with E-state index in [-0.39, 0.29) is 6.04 Å². The van der Waals surface area contributed by atoms with Gasteiger partial charge in [0.1, 0.15) is 23.3 Å². The largest absolute Gasteiger partial charge is 0.497 e. The van der Waals surface area contributed by atoms with E-state index in [0.29, 0.717) is 31.2 Å². The van der Waals surface area contributed by atoms with Crippen molar-refractivity contribution < 1.29 is 23.8 Å². The Kier molecular flexibility index (Phi) is 7.47. The lowest BCUT2D eigenvalue weighted by atomic mass is 9.88. The Bertz CT molecular complexity index is 1400. The number of carbonyl (C=O) groups is 1. The Morgan fingerprint density at radius 2 is 1.82 bits per heavy atom. The molecule has 38 heavy (non-hydrogen) atoms. The number of hydrogen-bond acceptors (Lipinski definition) is 6. The van der Waals surface area contributed by atoms with Crippen LogP contribution in [0.3, 0.4) is 0 Å². The van der Waals surface area contributed by atoms with E-state index in [4.69, 9.17) is 13.9 Å². The highest BCUT2D eigenvalue weighted by molar-refractivity contribution is 5.77. The van der Waals surface area contributed by atoms with E-state index < -0.39 is 12.0 Å². The van der Waals surface area contributed by atoms with Gasteiger partial charge in [0.05, 0.1) is 19.4 Å². The lowest BCUT2D eigenvalue weighted by molar-refractivity contribution is -0.145. The lowest BCUT2D eigenvalue weighted by Gasteiger charge is -2.40. The number of carboxylic acids is 1. The fourth-order valence-corrected chi connectivity index (χ4v) is 5.07. The standard InChI is InChI=1S/C31H32N2O5/c1-20-17-24-11-14-26(37-16-15-28-21(2)38-30(32-28)23-7-5-4-6-8-23)18-27(24)29(31(34)35)33(20)19-22-9-12-25(36-3)13-10-22/h4-14,18,20,29H,15-17,19H2,1-3H3,(H,34,35)/t20-,29?/m0/s1. The Balaban J connectivity index is 1.30. The molecule has 0 amide bonds. The minimum absolute atomic E-state index is 0.0754. The van der Waals surface area contributed by atoms with Crippen LogP contribution in [-0.4, -0.2) is 40.7 Å². The summed E-state index contributed by atoms with van der Waals surface area (Å²) in [6, 6.07) is 22.7. The molecule has 7 nitrogen and oxygen atoms in total. The molecule has 0 fully saturated rings. The predicted octanol–water partition coefficient (Wildman–Crippen LogP) is 5.85. The number of aliphatic carboxylic acids is 1. The molecule has 0 radical (unpaired) electrons. The first-order valence-corrected chi connectivity index (χ1v) is 12.8. The summed E-state index contributed by atoms with van der Waals surface area (Å²) < 4.78 is 17.2. The average Bonchev–Trinajstić information content (AvgIpc) is 3.30. The molecule has 7 heteroatoms. The summed E-state index contributed by atoms with van der Waals surface area (Å²) in [6.45, 7) is 4.92. The maximum atomic E-state index is 12.5. The van der Waals surface area contributed by atoms with Crippen LogP contribution in [0.15, 0.2) is 77.2 Å². The number of benzene rings is 3. The summed E-state index contributed by atoms with van der Waals surface area (Å²) in [5.41, 5.74) is 4.65. The third-order valence-corrected chi connectivity index (χ3v) is 7.10. The van der Waals surface area contributed by atoms with Crippen LogP contribution in [0.25, 0.3) is 11.5 Å². The van der Waals surface area contributed by atoms with Gasteiger partial charge in [-0.2, -0.15) is 0 Å². The Morgan fingerprint density at radius 1 is 1.08 bits per heavy atom. The topological polar surface area (TPSA) is 85.0 Å². The van der Waals surface area contributed by atoms with Gasteiger partial charge in [-0.05, 0) is 73.4 Å². The monoisotopic (exact) mass is 512 g/mol.